The summed E-state index contributed by atoms with van der Waals surface area (Å²) in [5.41, 5.74) is 2.81. The quantitative estimate of drug-likeness (QED) is 0.731. The Labute approximate surface area is 93.1 Å². The molecule has 1 aromatic heterocycles. The molecule has 0 bridgehead atoms. The maximum Gasteiger partial charge on any atom is 0.206 e. The molecule has 0 aliphatic heterocycles. The van der Waals surface area contributed by atoms with Crippen LogP contribution >= 0.6 is 0 Å². The molecular weight excluding hydrogens is 202 g/mol. The first-order chi connectivity index (χ1) is 7.86. The number of aromatic nitrogens is 1. The normalized spacial score (nSPS) is 14.9. The van der Waals surface area contributed by atoms with E-state index in [0.717, 1.165) is 29.7 Å². The summed E-state index contributed by atoms with van der Waals surface area (Å²) in [6, 6.07) is 9.84. The van der Waals surface area contributed by atoms with Gasteiger partial charge in [-0.05, 0) is 12.8 Å². The van der Waals surface area contributed by atoms with Crippen molar-refractivity contribution in [1.29, 1.82) is 0 Å². The summed E-state index contributed by atoms with van der Waals surface area (Å²) in [6.07, 6.45) is 2.36. The highest BCUT2D eigenvalue weighted by Crippen LogP contribution is 2.30. The fourth-order valence-corrected chi connectivity index (χ4v) is 2.12. The number of Topliss-reactive ketones (excluding diaryl/α,β-unsaturated/α-hetero) is 1. The van der Waals surface area contributed by atoms with Crippen molar-refractivity contribution in [2.24, 2.45) is 0 Å². The second-order valence-electron chi connectivity index (χ2n) is 3.98. The van der Waals surface area contributed by atoms with Gasteiger partial charge in [0, 0.05) is 17.5 Å². The maximum absolute atomic E-state index is 11.6. The minimum absolute atomic E-state index is 0.0796. The van der Waals surface area contributed by atoms with Gasteiger partial charge in [0.05, 0.1) is 0 Å². The summed E-state index contributed by atoms with van der Waals surface area (Å²) < 4.78 is 5.15. The summed E-state index contributed by atoms with van der Waals surface area (Å²) in [6.45, 7) is 0. The van der Waals surface area contributed by atoms with Crippen LogP contribution < -0.4 is 0 Å². The van der Waals surface area contributed by atoms with Crippen LogP contribution in [-0.2, 0) is 6.42 Å². The van der Waals surface area contributed by atoms with Gasteiger partial charge in [-0.25, -0.2) is 0 Å². The first-order valence-corrected chi connectivity index (χ1v) is 5.43. The largest absolute Gasteiger partial charge is 0.352 e. The predicted octanol–water partition coefficient (Wildman–Crippen LogP) is 2.86. The number of rotatable bonds is 1. The molecule has 3 rings (SSSR count). The lowest BCUT2D eigenvalue weighted by Gasteiger charge is -2.08. The summed E-state index contributed by atoms with van der Waals surface area (Å²) >= 11 is 0. The van der Waals surface area contributed by atoms with E-state index < -0.39 is 0 Å². The highest BCUT2D eigenvalue weighted by Gasteiger charge is 2.26. The third kappa shape index (κ3) is 1.36. The zero-order valence-electron chi connectivity index (χ0n) is 8.77. The molecule has 0 saturated carbocycles. The second-order valence-corrected chi connectivity index (χ2v) is 3.98. The highest BCUT2D eigenvalue weighted by molar-refractivity contribution is 5.97. The topological polar surface area (TPSA) is 43.1 Å². The van der Waals surface area contributed by atoms with Gasteiger partial charge >= 0.3 is 0 Å². The SMILES string of the molecule is O=C1CCCc2c(-c3ccccc3)noc21. The molecule has 1 heterocycles. The second kappa shape index (κ2) is 3.59. The molecule has 0 radical (unpaired) electrons. The molecule has 2 aromatic rings. The van der Waals surface area contributed by atoms with Gasteiger partial charge in [-0.15, -0.1) is 0 Å². The summed E-state index contributed by atoms with van der Waals surface area (Å²) in [7, 11) is 0. The van der Waals surface area contributed by atoms with Crippen LogP contribution in [-0.4, -0.2) is 10.9 Å². The van der Waals surface area contributed by atoms with Crippen molar-refractivity contribution in [1.82, 2.24) is 5.16 Å². The number of benzene rings is 1. The molecule has 3 heteroatoms. The van der Waals surface area contributed by atoms with Crippen LogP contribution in [0.2, 0.25) is 0 Å². The molecule has 0 spiro atoms. The zero-order valence-corrected chi connectivity index (χ0v) is 8.77. The van der Waals surface area contributed by atoms with Crippen LogP contribution in [0.15, 0.2) is 34.9 Å². The third-order valence-electron chi connectivity index (χ3n) is 2.92. The van der Waals surface area contributed by atoms with Crippen LogP contribution in [0.25, 0.3) is 11.3 Å². The van der Waals surface area contributed by atoms with Crippen molar-refractivity contribution in [3.05, 3.63) is 41.7 Å². The van der Waals surface area contributed by atoms with Crippen LogP contribution in [0.5, 0.6) is 0 Å². The van der Waals surface area contributed by atoms with E-state index in [1.165, 1.54) is 0 Å². The van der Waals surface area contributed by atoms with Crippen molar-refractivity contribution >= 4 is 5.78 Å². The lowest BCUT2D eigenvalue weighted by atomic mass is 9.93. The molecule has 1 aliphatic rings. The number of carbonyl (C=O) groups excluding carboxylic acids is 1. The Kier molecular flexibility index (Phi) is 2.10. The third-order valence-corrected chi connectivity index (χ3v) is 2.92. The molecular formula is C13H11NO2. The van der Waals surface area contributed by atoms with Gasteiger partial charge in [-0.3, -0.25) is 4.79 Å². The summed E-state index contributed by atoms with van der Waals surface area (Å²) in [4.78, 5) is 11.6. The highest BCUT2D eigenvalue weighted by atomic mass is 16.5. The van der Waals surface area contributed by atoms with Crippen molar-refractivity contribution in [2.75, 3.05) is 0 Å². The van der Waals surface area contributed by atoms with Gasteiger partial charge in [0.1, 0.15) is 5.69 Å². The smallest absolute Gasteiger partial charge is 0.206 e. The minimum atomic E-state index is 0.0796. The lowest BCUT2D eigenvalue weighted by molar-refractivity contribution is 0.0935. The van der Waals surface area contributed by atoms with Crippen LogP contribution in [0.1, 0.15) is 29.0 Å². The van der Waals surface area contributed by atoms with Crippen molar-refractivity contribution in [3.8, 4) is 11.3 Å². The Hall–Kier alpha value is -1.90. The van der Waals surface area contributed by atoms with Crippen molar-refractivity contribution in [2.45, 2.75) is 19.3 Å². The van der Waals surface area contributed by atoms with Gasteiger partial charge in [0.15, 0.2) is 0 Å². The number of carbonyl (C=O) groups is 1. The molecule has 0 N–H and O–H groups in total. The first-order valence-electron chi connectivity index (χ1n) is 5.43. The average molecular weight is 213 g/mol. The molecule has 80 valence electrons. The van der Waals surface area contributed by atoms with Gasteiger partial charge in [-0.2, -0.15) is 0 Å². The van der Waals surface area contributed by atoms with Crippen LogP contribution in [0.4, 0.5) is 0 Å². The molecule has 0 amide bonds. The molecule has 0 saturated heterocycles. The Balaban J connectivity index is 2.13. The molecule has 0 fully saturated rings. The van der Waals surface area contributed by atoms with E-state index in [2.05, 4.69) is 5.16 Å². The fourth-order valence-electron chi connectivity index (χ4n) is 2.12. The number of nitrogens with zero attached hydrogens (tertiary/aromatic N) is 1. The molecule has 0 unspecified atom stereocenters. The number of hydrogen-bond acceptors (Lipinski definition) is 3. The van der Waals surface area contributed by atoms with Crippen LogP contribution in [0, 0.1) is 0 Å². The van der Waals surface area contributed by atoms with Crippen molar-refractivity contribution < 1.29 is 9.32 Å². The minimum Gasteiger partial charge on any atom is -0.352 e. The lowest BCUT2D eigenvalue weighted by Crippen LogP contribution is -2.08. The maximum atomic E-state index is 11.6. The van der Waals surface area contributed by atoms with E-state index in [-0.39, 0.29) is 5.78 Å². The predicted molar refractivity (Wildman–Crippen MR) is 59.2 cm³/mol. The van der Waals surface area contributed by atoms with E-state index in [1.807, 2.05) is 30.3 Å². The molecule has 1 aromatic carbocycles. The molecule has 16 heavy (non-hydrogen) atoms. The molecule has 1 aliphatic carbocycles. The van der Waals surface area contributed by atoms with E-state index >= 15 is 0 Å². The molecule has 0 atom stereocenters. The molecule has 3 nitrogen and oxygen atoms in total. The number of ketones is 1. The summed E-state index contributed by atoms with van der Waals surface area (Å²) in [5.74, 6) is 0.543. The average Bonchev–Trinajstić information content (AvgIpc) is 2.75. The monoisotopic (exact) mass is 213 g/mol. The standard InChI is InChI=1S/C13H11NO2/c15-11-8-4-7-10-12(14-16-13(10)11)9-5-2-1-3-6-9/h1-3,5-6H,4,7-8H2. The Morgan fingerprint density at radius 1 is 1.12 bits per heavy atom. The van der Waals surface area contributed by atoms with Gasteiger partial charge < -0.3 is 4.52 Å². The summed E-state index contributed by atoms with van der Waals surface area (Å²) in [5, 5.41) is 4.02. The Morgan fingerprint density at radius 2 is 1.94 bits per heavy atom. The van der Waals surface area contributed by atoms with Gasteiger partial charge in [-0.1, -0.05) is 35.5 Å². The van der Waals surface area contributed by atoms with Gasteiger partial charge in [0.25, 0.3) is 0 Å². The van der Waals surface area contributed by atoms with E-state index in [0.29, 0.717) is 12.2 Å². The fraction of sp³-hybridized carbons (Fsp3) is 0.231. The number of fused-ring (bicyclic) bond motifs is 1. The van der Waals surface area contributed by atoms with Gasteiger partial charge in [0.2, 0.25) is 11.5 Å². The zero-order chi connectivity index (χ0) is 11.0. The number of hydrogen-bond donors (Lipinski definition) is 0. The van der Waals surface area contributed by atoms with Crippen LogP contribution in [0.3, 0.4) is 0 Å². The first kappa shape index (κ1) is 9.33. The van der Waals surface area contributed by atoms with E-state index in [9.17, 15) is 4.79 Å². The van der Waals surface area contributed by atoms with E-state index in [1.54, 1.807) is 0 Å². The van der Waals surface area contributed by atoms with Crippen molar-refractivity contribution in [3.63, 3.8) is 0 Å². The van der Waals surface area contributed by atoms with E-state index in [4.69, 9.17) is 4.52 Å². The Bertz CT molecular complexity index is 528. The Morgan fingerprint density at radius 3 is 2.75 bits per heavy atom.